The summed E-state index contributed by atoms with van der Waals surface area (Å²) >= 11 is 3.36. The molecule has 0 radical (unpaired) electrons. The molecule has 2 aromatic rings. The fraction of sp³-hybridized carbons (Fsp3) is 0.250. The van der Waals surface area contributed by atoms with E-state index in [0.29, 0.717) is 21.5 Å². The lowest BCUT2D eigenvalue weighted by atomic mass is 9.88. The molecule has 5 nitrogen and oxygen atoms in total. The third kappa shape index (κ3) is 2.28. The number of Topliss-reactive ketones (excluding diaryl/α,β-unsaturated/α-hetero) is 1. The molecule has 6 heteroatoms. The van der Waals surface area contributed by atoms with Gasteiger partial charge in [-0.2, -0.15) is 0 Å². The first kappa shape index (κ1) is 15.0. The maximum Gasteiger partial charge on any atom is 0.261 e. The van der Waals surface area contributed by atoms with Crippen molar-refractivity contribution in [3.8, 4) is 0 Å². The van der Waals surface area contributed by atoms with Crippen molar-refractivity contribution in [1.82, 2.24) is 0 Å². The number of nitrogens with one attached hydrogen (secondary N) is 1. The van der Waals surface area contributed by atoms with Crippen molar-refractivity contribution in [3.05, 3.63) is 51.4 Å². The Morgan fingerprint density at radius 2 is 2.09 bits per heavy atom. The number of benzene rings is 1. The quantitative estimate of drug-likeness (QED) is 0.821. The van der Waals surface area contributed by atoms with Gasteiger partial charge in [-0.1, -0.05) is 6.07 Å². The number of rotatable bonds is 3. The minimum absolute atomic E-state index is 0.138. The van der Waals surface area contributed by atoms with Crippen LogP contribution in [0.3, 0.4) is 0 Å². The van der Waals surface area contributed by atoms with E-state index in [1.165, 1.54) is 0 Å². The average Bonchev–Trinajstić information content (AvgIpc) is 2.96. The number of aryl methyl sites for hydroxylation is 2. The van der Waals surface area contributed by atoms with Gasteiger partial charge in [0.1, 0.15) is 5.76 Å². The van der Waals surface area contributed by atoms with Gasteiger partial charge in [-0.25, -0.2) is 0 Å². The molecule has 0 aliphatic carbocycles. The summed E-state index contributed by atoms with van der Waals surface area (Å²) in [6.07, 6.45) is -0.366. The van der Waals surface area contributed by atoms with E-state index in [2.05, 4.69) is 21.2 Å². The number of furan rings is 1. The molecule has 0 fully saturated rings. The van der Waals surface area contributed by atoms with E-state index in [1.807, 2.05) is 13.0 Å². The number of carbonyl (C=O) groups is 2. The summed E-state index contributed by atoms with van der Waals surface area (Å²) in [5.74, 6) is -0.286. The number of ketones is 1. The second-order valence-electron chi connectivity index (χ2n) is 5.49. The van der Waals surface area contributed by atoms with E-state index in [1.54, 1.807) is 25.1 Å². The molecule has 0 bridgehead atoms. The Balaban J connectivity index is 2.00. The highest BCUT2D eigenvalue weighted by Gasteiger charge is 2.48. The van der Waals surface area contributed by atoms with E-state index in [4.69, 9.17) is 4.42 Å². The summed E-state index contributed by atoms with van der Waals surface area (Å²) in [5.41, 5.74) is -0.105. The van der Waals surface area contributed by atoms with Crippen LogP contribution < -0.4 is 5.32 Å². The fourth-order valence-electron chi connectivity index (χ4n) is 2.61. The molecule has 1 aromatic heterocycles. The topological polar surface area (TPSA) is 79.5 Å². The first-order valence-corrected chi connectivity index (χ1v) is 7.54. The predicted molar refractivity (Wildman–Crippen MR) is 83.8 cm³/mol. The molecule has 2 N–H and O–H groups in total. The second-order valence-corrected chi connectivity index (χ2v) is 6.35. The Hall–Kier alpha value is -1.92. The largest absolute Gasteiger partial charge is 0.458 e. The van der Waals surface area contributed by atoms with Crippen LogP contribution in [-0.2, 0) is 10.4 Å². The Morgan fingerprint density at radius 3 is 2.73 bits per heavy atom. The van der Waals surface area contributed by atoms with Crippen molar-refractivity contribution in [2.24, 2.45) is 0 Å². The molecule has 1 aromatic carbocycles. The van der Waals surface area contributed by atoms with E-state index in [-0.39, 0.29) is 12.2 Å². The van der Waals surface area contributed by atoms with Crippen molar-refractivity contribution in [3.63, 3.8) is 0 Å². The molecule has 1 aliphatic rings. The average molecular weight is 364 g/mol. The highest BCUT2D eigenvalue weighted by molar-refractivity contribution is 9.10. The minimum atomic E-state index is -1.89. The van der Waals surface area contributed by atoms with Crippen LogP contribution in [0, 0.1) is 13.8 Å². The summed E-state index contributed by atoms with van der Waals surface area (Å²) < 4.78 is 5.94. The normalized spacial score (nSPS) is 19.9. The summed E-state index contributed by atoms with van der Waals surface area (Å²) in [4.78, 5) is 24.5. The lowest BCUT2D eigenvalue weighted by Crippen LogP contribution is -2.36. The predicted octanol–water partition coefficient (Wildman–Crippen LogP) is 3.07. The highest BCUT2D eigenvalue weighted by atomic mass is 79.9. The lowest BCUT2D eigenvalue weighted by Gasteiger charge is -2.19. The van der Waals surface area contributed by atoms with Crippen molar-refractivity contribution < 1.29 is 19.1 Å². The number of amides is 1. The second kappa shape index (κ2) is 5.07. The van der Waals surface area contributed by atoms with Crippen LogP contribution in [0.2, 0.25) is 0 Å². The number of aliphatic hydroxyl groups is 1. The summed E-state index contributed by atoms with van der Waals surface area (Å²) in [7, 11) is 0. The Morgan fingerprint density at radius 1 is 1.36 bits per heavy atom. The van der Waals surface area contributed by atoms with Gasteiger partial charge in [0.15, 0.2) is 11.4 Å². The third-order valence-electron chi connectivity index (χ3n) is 3.73. The molecular formula is C16H14BrNO4. The summed E-state index contributed by atoms with van der Waals surface area (Å²) in [5, 5.41) is 13.4. The van der Waals surface area contributed by atoms with Crippen LogP contribution in [0.15, 0.2) is 33.2 Å². The highest BCUT2D eigenvalue weighted by Crippen LogP contribution is 2.43. The molecule has 0 spiro atoms. The molecule has 0 saturated heterocycles. The maximum atomic E-state index is 12.3. The molecule has 0 unspecified atom stereocenters. The van der Waals surface area contributed by atoms with Gasteiger partial charge in [0.05, 0.1) is 12.1 Å². The molecular weight excluding hydrogens is 350 g/mol. The zero-order chi connectivity index (χ0) is 16.1. The van der Waals surface area contributed by atoms with Gasteiger partial charge >= 0.3 is 0 Å². The number of carbonyl (C=O) groups excluding carboxylic acids is 2. The molecule has 1 aliphatic heterocycles. The molecule has 2 heterocycles. The number of hydrogen-bond donors (Lipinski definition) is 2. The molecule has 0 saturated carbocycles. The van der Waals surface area contributed by atoms with Crippen LogP contribution in [0.1, 0.15) is 33.9 Å². The number of fused-ring (bicyclic) bond motifs is 1. The van der Waals surface area contributed by atoms with Crippen LogP contribution >= 0.6 is 15.9 Å². The van der Waals surface area contributed by atoms with Gasteiger partial charge < -0.3 is 14.8 Å². The molecule has 22 heavy (non-hydrogen) atoms. The van der Waals surface area contributed by atoms with Gasteiger partial charge in [0.2, 0.25) is 5.78 Å². The first-order valence-electron chi connectivity index (χ1n) is 6.75. The van der Waals surface area contributed by atoms with E-state index in [0.717, 1.165) is 5.56 Å². The minimum Gasteiger partial charge on any atom is -0.458 e. The summed E-state index contributed by atoms with van der Waals surface area (Å²) in [6, 6.07) is 6.75. The van der Waals surface area contributed by atoms with Gasteiger partial charge in [-0.3, -0.25) is 9.59 Å². The van der Waals surface area contributed by atoms with Crippen LogP contribution in [0.5, 0.6) is 0 Å². The summed E-state index contributed by atoms with van der Waals surface area (Å²) in [6.45, 7) is 3.58. The van der Waals surface area contributed by atoms with Crippen LogP contribution in [-0.4, -0.2) is 16.8 Å². The maximum absolute atomic E-state index is 12.3. The smallest absolute Gasteiger partial charge is 0.261 e. The van der Waals surface area contributed by atoms with E-state index < -0.39 is 17.3 Å². The van der Waals surface area contributed by atoms with Gasteiger partial charge in [0, 0.05) is 10.0 Å². The standard InChI is InChI=1S/C16H14BrNO4/c1-8-5-10-14(11(17)6-8)18-15(20)16(10,21)7-12(19)13-4-3-9(2)22-13/h3-6,21H,7H2,1-2H3,(H,18,20)/t16-/m1/s1. The Kier molecular flexibility index (Phi) is 3.45. The van der Waals surface area contributed by atoms with E-state index in [9.17, 15) is 14.7 Å². The molecule has 1 amide bonds. The van der Waals surface area contributed by atoms with E-state index >= 15 is 0 Å². The molecule has 1 atom stereocenters. The molecule has 3 rings (SSSR count). The van der Waals surface area contributed by atoms with Crippen molar-refractivity contribution >= 4 is 33.3 Å². The Bertz CT molecular complexity index is 795. The monoisotopic (exact) mass is 363 g/mol. The third-order valence-corrected chi connectivity index (χ3v) is 4.35. The SMILES string of the molecule is Cc1cc(Br)c2c(c1)[C@](O)(CC(=O)c1ccc(C)o1)C(=O)N2. The molecule has 114 valence electrons. The van der Waals surface area contributed by atoms with Gasteiger partial charge in [-0.15, -0.1) is 0 Å². The number of anilines is 1. The zero-order valence-corrected chi connectivity index (χ0v) is 13.7. The van der Waals surface area contributed by atoms with Crippen molar-refractivity contribution in [2.75, 3.05) is 5.32 Å². The van der Waals surface area contributed by atoms with Gasteiger partial charge in [-0.05, 0) is 53.5 Å². The van der Waals surface area contributed by atoms with Gasteiger partial charge in [0.25, 0.3) is 5.91 Å². The lowest BCUT2D eigenvalue weighted by molar-refractivity contribution is -0.133. The van der Waals surface area contributed by atoms with Crippen molar-refractivity contribution in [2.45, 2.75) is 25.9 Å². The van der Waals surface area contributed by atoms with Crippen LogP contribution in [0.25, 0.3) is 0 Å². The number of halogens is 1. The van der Waals surface area contributed by atoms with Crippen molar-refractivity contribution in [1.29, 1.82) is 0 Å². The number of hydrogen-bond acceptors (Lipinski definition) is 4. The first-order chi connectivity index (χ1) is 10.3. The fourth-order valence-corrected chi connectivity index (χ4v) is 3.29. The van der Waals surface area contributed by atoms with Crippen LogP contribution in [0.4, 0.5) is 5.69 Å². The zero-order valence-electron chi connectivity index (χ0n) is 12.1. The Labute approximate surface area is 135 Å².